The number of rotatable bonds is 3. The molecule has 2 aromatic carbocycles. The summed E-state index contributed by atoms with van der Waals surface area (Å²) in [6.07, 6.45) is 0. The topological polar surface area (TPSA) is 73.9 Å². The summed E-state index contributed by atoms with van der Waals surface area (Å²) in [4.78, 5) is 12.5. The van der Waals surface area contributed by atoms with Gasteiger partial charge in [0, 0.05) is 7.14 Å². The third kappa shape index (κ3) is 3.65. The normalized spacial score (nSPS) is 9.78. The van der Waals surface area contributed by atoms with E-state index in [1.807, 2.05) is 75.5 Å². The van der Waals surface area contributed by atoms with Gasteiger partial charge >= 0.3 is 5.97 Å². The number of nitriles is 2. The predicted molar refractivity (Wildman–Crippen MR) is 102 cm³/mol. The van der Waals surface area contributed by atoms with E-state index in [0.29, 0.717) is 18.3 Å². The highest BCUT2D eigenvalue weighted by atomic mass is 127. The molecule has 0 saturated carbocycles. The van der Waals surface area contributed by atoms with Crippen LogP contribution in [0.25, 0.3) is 0 Å². The Labute approximate surface area is 161 Å². The van der Waals surface area contributed by atoms with E-state index in [2.05, 4.69) is 12.1 Å². The van der Waals surface area contributed by atoms with Crippen LogP contribution in [0.3, 0.4) is 0 Å². The molecule has 0 bridgehead atoms. The lowest BCUT2D eigenvalue weighted by Crippen LogP contribution is -2.13. The molecule has 0 fully saturated rings. The summed E-state index contributed by atoms with van der Waals surface area (Å²) in [6.45, 7) is 1.88. The lowest BCUT2D eigenvalue weighted by atomic mass is 10.0. The van der Waals surface area contributed by atoms with Crippen LogP contribution in [0, 0.1) is 36.7 Å². The maximum Gasteiger partial charge on any atom is 0.340 e. The standard InChI is InChI=1S/C17H10I2N2O2/c1-10-12(7-20)16(19)14(13(8-21)15(10)18)17(22)23-9-11-5-3-2-4-6-11/h2-6H,9H2,1H3. The zero-order valence-corrected chi connectivity index (χ0v) is 16.4. The zero-order chi connectivity index (χ0) is 17.0. The van der Waals surface area contributed by atoms with Crippen molar-refractivity contribution in [2.24, 2.45) is 0 Å². The first kappa shape index (κ1) is 17.7. The Bertz CT molecular complexity index is 850. The van der Waals surface area contributed by atoms with Crippen LogP contribution in [0.15, 0.2) is 30.3 Å². The van der Waals surface area contributed by atoms with Gasteiger partial charge < -0.3 is 4.74 Å². The summed E-state index contributed by atoms with van der Waals surface area (Å²) in [6, 6.07) is 13.4. The van der Waals surface area contributed by atoms with E-state index in [1.54, 1.807) is 6.92 Å². The molecule has 0 aromatic heterocycles. The molecule has 4 nitrogen and oxygen atoms in total. The zero-order valence-electron chi connectivity index (χ0n) is 12.1. The molecule has 0 heterocycles. The Morgan fingerprint density at radius 3 is 2.26 bits per heavy atom. The molecule has 2 rings (SSSR count). The van der Waals surface area contributed by atoms with Gasteiger partial charge in [-0.25, -0.2) is 4.79 Å². The van der Waals surface area contributed by atoms with E-state index >= 15 is 0 Å². The second kappa shape index (κ2) is 7.75. The first-order valence-electron chi connectivity index (χ1n) is 6.54. The Balaban J connectivity index is 2.42. The van der Waals surface area contributed by atoms with Crippen molar-refractivity contribution in [2.45, 2.75) is 13.5 Å². The van der Waals surface area contributed by atoms with Gasteiger partial charge in [0.1, 0.15) is 18.7 Å². The fourth-order valence-corrected chi connectivity index (χ4v) is 3.71. The summed E-state index contributed by atoms with van der Waals surface area (Å²) < 4.78 is 6.39. The van der Waals surface area contributed by atoms with E-state index in [1.165, 1.54) is 0 Å². The van der Waals surface area contributed by atoms with Crippen molar-refractivity contribution in [3.63, 3.8) is 0 Å². The van der Waals surface area contributed by atoms with Crippen molar-refractivity contribution in [3.05, 3.63) is 65.3 Å². The molecule has 0 atom stereocenters. The number of hydrogen-bond donors (Lipinski definition) is 0. The molecule has 0 unspecified atom stereocenters. The van der Waals surface area contributed by atoms with Crippen LogP contribution in [0.4, 0.5) is 0 Å². The van der Waals surface area contributed by atoms with Crippen molar-refractivity contribution in [1.82, 2.24) is 0 Å². The average Bonchev–Trinajstić information content (AvgIpc) is 2.57. The molecule has 2 aromatic rings. The van der Waals surface area contributed by atoms with Crippen LogP contribution in [-0.4, -0.2) is 5.97 Å². The molecule has 0 aliphatic rings. The second-order valence-electron chi connectivity index (χ2n) is 4.66. The molecule has 0 aliphatic carbocycles. The maximum atomic E-state index is 12.5. The number of hydrogen-bond acceptors (Lipinski definition) is 4. The molecular formula is C17H10I2N2O2. The molecule has 0 aliphatic heterocycles. The van der Waals surface area contributed by atoms with E-state index < -0.39 is 5.97 Å². The van der Waals surface area contributed by atoms with Crippen molar-refractivity contribution in [3.8, 4) is 12.1 Å². The van der Waals surface area contributed by atoms with Crippen LogP contribution in [-0.2, 0) is 11.3 Å². The highest BCUT2D eigenvalue weighted by Gasteiger charge is 2.25. The Kier molecular flexibility index (Phi) is 5.97. The molecular weight excluding hydrogens is 518 g/mol. The Morgan fingerprint density at radius 1 is 1.09 bits per heavy atom. The lowest BCUT2D eigenvalue weighted by molar-refractivity contribution is 0.0471. The van der Waals surface area contributed by atoms with E-state index in [0.717, 1.165) is 5.56 Å². The minimum Gasteiger partial charge on any atom is -0.457 e. The highest BCUT2D eigenvalue weighted by molar-refractivity contribution is 14.1. The predicted octanol–water partition coefficient (Wildman–Crippen LogP) is 4.30. The first-order chi connectivity index (χ1) is 11.0. The van der Waals surface area contributed by atoms with Gasteiger partial charge in [-0.2, -0.15) is 10.5 Å². The van der Waals surface area contributed by atoms with Gasteiger partial charge in [0.25, 0.3) is 0 Å². The fraction of sp³-hybridized carbons (Fsp3) is 0.118. The number of esters is 1. The van der Waals surface area contributed by atoms with E-state index in [-0.39, 0.29) is 17.7 Å². The highest BCUT2D eigenvalue weighted by Crippen LogP contribution is 2.30. The van der Waals surface area contributed by atoms with Crippen molar-refractivity contribution >= 4 is 51.2 Å². The number of carbonyl (C=O) groups excluding carboxylic acids is 1. The summed E-state index contributed by atoms with van der Waals surface area (Å²) >= 11 is 3.91. The first-order valence-corrected chi connectivity index (χ1v) is 8.69. The number of benzene rings is 2. The van der Waals surface area contributed by atoms with Gasteiger partial charge in [-0.3, -0.25) is 0 Å². The average molecular weight is 528 g/mol. The molecule has 0 spiro atoms. The number of ether oxygens (including phenoxy) is 1. The van der Waals surface area contributed by atoms with Crippen LogP contribution in [0.5, 0.6) is 0 Å². The van der Waals surface area contributed by atoms with Crippen LogP contribution < -0.4 is 0 Å². The van der Waals surface area contributed by atoms with Gasteiger partial charge in [0.05, 0.1) is 16.7 Å². The summed E-state index contributed by atoms with van der Waals surface area (Å²) in [7, 11) is 0. The minimum atomic E-state index is -0.593. The van der Waals surface area contributed by atoms with Crippen LogP contribution >= 0.6 is 45.2 Å². The molecule has 0 radical (unpaired) electrons. The molecule has 0 N–H and O–H groups in total. The van der Waals surface area contributed by atoms with Crippen molar-refractivity contribution in [2.75, 3.05) is 0 Å². The lowest BCUT2D eigenvalue weighted by Gasteiger charge is -2.13. The minimum absolute atomic E-state index is 0.118. The Morgan fingerprint density at radius 2 is 1.70 bits per heavy atom. The molecule has 23 heavy (non-hydrogen) atoms. The molecule has 114 valence electrons. The second-order valence-corrected chi connectivity index (χ2v) is 6.82. The quantitative estimate of drug-likeness (QED) is 0.440. The molecule has 0 amide bonds. The number of nitrogens with zero attached hydrogens (tertiary/aromatic N) is 2. The largest absolute Gasteiger partial charge is 0.457 e. The summed E-state index contributed by atoms with van der Waals surface area (Å²) in [5.41, 5.74) is 2.38. The summed E-state index contributed by atoms with van der Waals surface area (Å²) in [5, 5.41) is 18.7. The fourth-order valence-electron chi connectivity index (χ4n) is 2.03. The van der Waals surface area contributed by atoms with Gasteiger partial charge in [-0.05, 0) is 63.2 Å². The smallest absolute Gasteiger partial charge is 0.340 e. The van der Waals surface area contributed by atoms with E-state index in [9.17, 15) is 15.3 Å². The van der Waals surface area contributed by atoms with Gasteiger partial charge in [0.2, 0.25) is 0 Å². The van der Waals surface area contributed by atoms with Gasteiger partial charge in [0.15, 0.2) is 0 Å². The summed E-state index contributed by atoms with van der Waals surface area (Å²) in [5.74, 6) is -0.593. The number of halogens is 2. The molecule has 0 saturated heterocycles. The molecule has 6 heteroatoms. The Hall–Kier alpha value is -1.65. The third-order valence-electron chi connectivity index (χ3n) is 3.25. The van der Waals surface area contributed by atoms with Gasteiger partial charge in [-0.1, -0.05) is 30.3 Å². The van der Waals surface area contributed by atoms with E-state index in [4.69, 9.17) is 4.74 Å². The maximum absolute atomic E-state index is 12.5. The van der Waals surface area contributed by atoms with Crippen molar-refractivity contribution in [1.29, 1.82) is 10.5 Å². The van der Waals surface area contributed by atoms with Crippen molar-refractivity contribution < 1.29 is 9.53 Å². The monoisotopic (exact) mass is 528 g/mol. The third-order valence-corrected chi connectivity index (χ3v) is 5.68. The number of carbonyl (C=O) groups is 1. The van der Waals surface area contributed by atoms with Crippen LogP contribution in [0.2, 0.25) is 0 Å². The SMILES string of the molecule is Cc1c(I)c(C#N)c(C(=O)OCc2ccccc2)c(I)c1C#N. The van der Waals surface area contributed by atoms with Gasteiger partial charge in [-0.15, -0.1) is 0 Å². The van der Waals surface area contributed by atoms with Crippen LogP contribution in [0.1, 0.15) is 32.6 Å².